The molecule has 0 amide bonds. The van der Waals surface area contributed by atoms with Gasteiger partial charge < -0.3 is 10.1 Å². The minimum Gasteiger partial charge on any atom is -0.372 e. The highest BCUT2D eigenvalue weighted by atomic mass is 32.2. The maximum Gasteiger partial charge on any atom is 0.161 e. The summed E-state index contributed by atoms with van der Waals surface area (Å²) in [6, 6.07) is 6.91. The lowest BCUT2D eigenvalue weighted by atomic mass is 10.1. The number of rotatable bonds is 2. The number of thioether (sulfide) groups is 1. The Labute approximate surface area is 106 Å². The van der Waals surface area contributed by atoms with Crippen molar-refractivity contribution < 1.29 is 4.74 Å². The lowest BCUT2D eigenvalue weighted by Gasteiger charge is -2.06. The first kappa shape index (κ1) is 11.1. The molecule has 1 aromatic rings. The molecule has 0 spiro atoms. The normalized spacial score (nSPS) is 22.4. The molecule has 0 fully saturated rings. The van der Waals surface area contributed by atoms with Gasteiger partial charge in [0.25, 0.3) is 0 Å². The standard InChI is InChI=1S/C13H16N2OS/c1-2-11-8-17-13(14-11)15-12-4-3-9-6-16-7-10(9)5-12/h3-5,11H,2,6-8H2,1H3,(H,14,15). The smallest absolute Gasteiger partial charge is 0.161 e. The summed E-state index contributed by atoms with van der Waals surface area (Å²) in [5, 5.41) is 4.44. The fraction of sp³-hybridized carbons (Fsp3) is 0.462. The molecule has 2 aliphatic rings. The largest absolute Gasteiger partial charge is 0.372 e. The van der Waals surface area contributed by atoms with Crippen molar-refractivity contribution in [3.05, 3.63) is 29.3 Å². The van der Waals surface area contributed by atoms with Crippen molar-refractivity contribution in [2.24, 2.45) is 4.99 Å². The number of amidine groups is 1. The summed E-state index contributed by atoms with van der Waals surface area (Å²) in [5.41, 5.74) is 3.73. The number of anilines is 1. The van der Waals surface area contributed by atoms with Crippen LogP contribution in [0.25, 0.3) is 0 Å². The number of nitrogens with zero attached hydrogens (tertiary/aromatic N) is 1. The molecule has 4 heteroatoms. The lowest BCUT2D eigenvalue weighted by molar-refractivity contribution is 0.134. The van der Waals surface area contributed by atoms with E-state index >= 15 is 0 Å². The van der Waals surface area contributed by atoms with Gasteiger partial charge in [0.2, 0.25) is 0 Å². The first-order valence-corrected chi connectivity index (χ1v) is 7.01. The van der Waals surface area contributed by atoms with Crippen LogP contribution < -0.4 is 5.32 Å². The minimum absolute atomic E-state index is 0.486. The van der Waals surface area contributed by atoms with Crippen molar-refractivity contribution in [2.75, 3.05) is 11.1 Å². The van der Waals surface area contributed by atoms with E-state index in [9.17, 15) is 0 Å². The van der Waals surface area contributed by atoms with E-state index in [-0.39, 0.29) is 0 Å². The fourth-order valence-corrected chi connectivity index (χ4v) is 3.14. The van der Waals surface area contributed by atoms with Gasteiger partial charge in [-0.15, -0.1) is 0 Å². The van der Waals surface area contributed by atoms with Gasteiger partial charge in [-0.2, -0.15) is 0 Å². The van der Waals surface area contributed by atoms with Gasteiger partial charge >= 0.3 is 0 Å². The van der Waals surface area contributed by atoms with Crippen molar-refractivity contribution in [1.82, 2.24) is 0 Å². The second-order valence-corrected chi connectivity index (χ2v) is 5.42. The summed E-state index contributed by atoms with van der Waals surface area (Å²) in [7, 11) is 0. The van der Waals surface area contributed by atoms with Gasteiger partial charge in [-0.1, -0.05) is 24.8 Å². The molecular weight excluding hydrogens is 232 g/mol. The predicted octanol–water partition coefficient (Wildman–Crippen LogP) is 3.01. The summed E-state index contributed by atoms with van der Waals surface area (Å²) < 4.78 is 5.41. The predicted molar refractivity (Wildman–Crippen MR) is 72.5 cm³/mol. The molecule has 2 aliphatic heterocycles. The van der Waals surface area contributed by atoms with Gasteiger partial charge in [0.15, 0.2) is 5.17 Å². The molecule has 1 unspecified atom stereocenters. The van der Waals surface area contributed by atoms with Crippen molar-refractivity contribution >= 4 is 22.6 Å². The van der Waals surface area contributed by atoms with E-state index in [1.165, 1.54) is 11.1 Å². The quantitative estimate of drug-likeness (QED) is 0.873. The molecule has 1 aromatic carbocycles. The molecule has 1 atom stereocenters. The zero-order chi connectivity index (χ0) is 11.7. The van der Waals surface area contributed by atoms with E-state index in [1.807, 2.05) is 11.8 Å². The Bertz CT molecular complexity index is 459. The van der Waals surface area contributed by atoms with Gasteiger partial charge in [-0.3, -0.25) is 4.99 Å². The third-order valence-corrected chi connectivity index (χ3v) is 4.19. The summed E-state index contributed by atoms with van der Waals surface area (Å²) in [4.78, 5) is 4.63. The molecule has 0 aliphatic carbocycles. The molecule has 3 nitrogen and oxygen atoms in total. The fourth-order valence-electron chi connectivity index (χ4n) is 2.07. The zero-order valence-corrected chi connectivity index (χ0v) is 10.7. The Morgan fingerprint density at radius 3 is 3.12 bits per heavy atom. The van der Waals surface area contributed by atoms with Gasteiger partial charge in [0.1, 0.15) is 0 Å². The van der Waals surface area contributed by atoms with E-state index in [4.69, 9.17) is 4.74 Å². The summed E-state index contributed by atoms with van der Waals surface area (Å²) in [6.07, 6.45) is 1.12. The van der Waals surface area contributed by atoms with Crippen LogP contribution in [0.2, 0.25) is 0 Å². The number of ether oxygens (including phenoxy) is 1. The summed E-state index contributed by atoms with van der Waals surface area (Å²) in [6.45, 7) is 3.68. The highest BCUT2D eigenvalue weighted by Crippen LogP contribution is 2.26. The molecule has 0 radical (unpaired) electrons. The molecule has 0 bridgehead atoms. The average Bonchev–Trinajstić information content (AvgIpc) is 2.96. The molecule has 0 aromatic heterocycles. The van der Waals surface area contributed by atoms with E-state index < -0.39 is 0 Å². The second-order valence-electron chi connectivity index (χ2n) is 4.41. The van der Waals surface area contributed by atoms with Gasteiger partial charge in [0.05, 0.1) is 19.3 Å². The molecule has 90 valence electrons. The Morgan fingerprint density at radius 2 is 2.29 bits per heavy atom. The summed E-state index contributed by atoms with van der Waals surface area (Å²) >= 11 is 1.81. The Kier molecular flexibility index (Phi) is 3.07. The Balaban J connectivity index is 1.73. The van der Waals surface area contributed by atoms with Crippen LogP contribution in [0, 0.1) is 0 Å². The van der Waals surface area contributed by atoms with Crippen LogP contribution in [-0.2, 0) is 18.0 Å². The zero-order valence-electron chi connectivity index (χ0n) is 9.90. The topological polar surface area (TPSA) is 33.6 Å². The number of benzene rings is 1. The lowest BCUT2D eigenvalue weighted by Crippen LogP contribution is -2.05. The van der Waals surface area contributed by atoms with Gasteiger partial charge in [0, 0.05) is 11.4 Å². The molecule has 0 saturated heterocycles. The van der Waals surface area contributed by atoms with Crippen LogP contribution in [0.4, 0.5) is 5.69 Å². The number of hydrogen-bond acceptors (Lipinski definition) is 4. The summed E-state index contributed by atoms with van der Waals surface area (Å²) in [5.74, 6) is 1.10. The third-order valence-electron chi connectivity index (χ3n) is 3.16. The van der Waals surface area contributed by atoms with Crippen LogP contribution in [0.15, 0.2) is 23.2 Å². The highest BCUT2D eigenvalue weighted by Gasteiger charge is 2.17. The van der Waals surface area contributed by atoms with E-state index in [1.54, 1.807) is 0 Å². The van der Waals surface area contributed by atoms with Crippen molar-refractivity contribution in [3.63, 3.8) is 0 Å². The number of nitrogens with one attached hydrogen (secondary N) is 1. The average molecular weight is 248 g/mol. The maximum absolute atomic E-state index is 5.41. The van der Waals surface area contributed by atoms with Crippen LogP contribution in [0.5, 0.6) is 0 Å². The molecule has 3 rings (SSSR count). The minimum atomic E-state index is 0.486. The number of hydrogen-bond donors (Lipinski definition) is 1. The Morgan fingerprint density at radius 1 is 1.41 bits per heavy atom. The van der Waals surface area contributed by atoms with Crippen LogP contribution in [0.3, 0.4) is 0 Å². The van der Waals surface area contributed by atoms with Crippen LogP contribution in [0.1, 0.15) is 24.5 Å². The SMILES string of the molecule is CCC1CSC(Nc2ccc3c(c2)COC3)=N1. The highest BCUT2D eigenvalue weighted by molar-refractivity contribution is 8.14. The van der Waals surface area contributed by atoms with Crippen LogP contribution >= 0.6 is 11.8 Å². The first-order chi connectivity index (χ1) is 8.35. The molecule has 2 heterocycles. The number of aliphatic imine (C=N–C) groups is 1. The van der Waals surface area contributed by atoms with Crippen LogP contribution in [-0.4, -0.2) is 17.0 Å². The first-order valence-electron chi connectivity index (χ1n) is 6.02. The second kappa shape index (κ2) is 4.70. The number of fused-ring (bicyclic) bond motifs is 1. The van der Waals surface area contributed by atoms with Gasteiger partial charge in [-0.25, -0.2) is 0 Å². The molecule has 0 saturated carbocycles. The monoisotopic (exact) mass is 248 g/mol. The molecule has 17 heavy (non-hydrogen) atoms. The van der Waals surface area contributed by atoms with Crippen molar-refractivity contribution in [3.8, 4) is 0 Å². The molecule has 1 N–H and O–H groups in total. The van der Waals surface area contributed by atoms with E-state index in [2.05, 4.69) is 35.4 Å². The van der Waals surface area contributed by atoms with E-state index in [0.717, 1.165) is 36.2 Å². The van der Waals surface area contributed by atoms with Crippen molar-refractivity contribution in [1.29, 1.82) is 0 Å². The maximum atomic E-state index is 5.41. The van der Waals surface area contributed by atoms with Gasteiger partial charge in [-0.05, 0) is 29.7 Å². The molecular formula is C13H16N2OS. The third kappa shape index (κ3) is 2.33. The van der Waals surface area contributed by atoms with Crippen molar-refractivity contribution in [2.45, 2.75) is 32.6 Å². The Hall–Kier alpha value is -1.00. The van der Waals surface area contributed by atoms with E-state index in [0.29, 0.717) is 6.04 Å².